The average Bonchev–Trinajstić information content (AvgIpc) is 2.24. The van der Waals surface area contributed by atoms with Crippen molar-refractivity contribution in [2.24, 2.45) is 11.8 Å². The van der Waals surface area contributed by atoms with Crippen LogP contribution in [0.1, 0.15) is 47.5 Å². The molecular formula is C15H29NO5. The average molecular weight is 303 g/mol. The first-order valence-corrected chi connectivity index (χ1v) is 7.36. The van der Waals surface area contributed by atoms with Crippen molar-refractivity contribution < 1.29 is 24.2 Å². The molecule has 0 unspecified atom stereocenters. The molecule has 0 saturated carbocycles. The number of amides is 1. The van der Waals surface area contributed by atoms with Crippen molar-refractivity contribution in [2.45, 2.75) is 53.1 Å². The van der Waals surface area contributed by atoms with Gasteiger partial charge in [-0.15, -0.1) is 0 Å². The molecule has 0 fully saturated rings. The molecule has 0 aromatic rings. The molecule has 0 aliphatic heterocycles. The number of hydrogen-bond acceptors (Lipinski definition) is 4. The first-order chi connectivity index (χ1) is 9.60. The molecule has 1 amide bonds. The Morgan fingerprint density at radius 1 is 1.19 bits per heavy atom. The molecule has 0 bridgehead atoms. The van der Waals surface area contributed by atoms with Crippen LogP contribution in [0.15, 0.2) is 0 Å². The van der Waals surface area contributed by atoms with Gasteiger partial charge in [-0.1, -0.05) is 13.8 Å². The van der Waals surface area contributed by atoms with Crippen LogP contribution in [0.3, 0.4) is 0 Å². The van der Waals surface area contributed by atoms with E-state index < -0.39 is 17.7 Å². The number of aliphatic carboxylic acids is 1. The minimum atomic E-state index is -0.856. The lowest BCUT2D eigenvalue weighted by Crippen LogP contribution is -2.34. The van der Waals surface area contributed by atoms with Crippen molar-refractivity contribution in [2.75, 3.05) is 19.8 Å². The highest BCUT2D eigenvalue weighted by molar-refractivity contribution is 5.68. The van der Waals surface area contributed by atoms with E-state index in [1.807, 2.05) is 13.8 Å². The van der Waals surface area contributed by atoms with Gasteiger partial charge in [0.25, 0.3) is 0 Å². The number of carbonyl (C=O) groups excluding carboxylic acids is 1. The van der Waals surface area contributed by atoms with Crippen LogP contribution in [0.2, 0.25) is 0 Å². The van der Waals surface area contributed by atoms with Gasteiger partial charge in [0.15, 0.2) is 0 Å². The third-order valence-electron chi connectivity index (χ3n) is 2.49. The lowest BCUT2D eigenvalue weighted by atomic mass is 10.0. The molecule has 0 saturated heterocycles. The van der Waals surface area contributed by atoms with Crippen molar-refractivity contribution in [3.63, 3.8) is 0 Å². The molecule has 124 valence electrons. The minimum Gasteiger partial charge on any atom is -0.481 e. The largest absolute Gasteiger partial charge is 0.481 e. The Hall–Kier alpha value is -1.30. The first kappa shape index (κ1) is 19.7. The zero-order valence-electron chi connectivity index (χ0n) is 13.8. The summed E-state index contributed by atoms with van der Waals surface area (Å²) in [5.41, 5.74) is -0.537. The second-order valence-corrected chi connectivity index (χ2v) is 6.61. The number of hydrogen-bond donors (Lipinski definition) is 2. The van der Waals surface area contributed by atoms with Gasteiger partial charge in [-0.2, -0.15) is 0 Å². The molecule has 0 heterocycles. The van der Waals surface area contributed by atoms with Gasteiger partial charge >= 0.3 is 12.1 Å². The number of alkyl carbamates (subject to hydrolysis) is 1. The quantitative estimate of drug-likeness (QED) is 0.684. The third-order valence-corrected chi connectivity index (χ3v) is 2.49. The van der Waals surface area contributed by atoms with Crippen molar-refractivity contribution in [3.8, 4) is 0 Å². The molecule has 0 aliphatic carbocycles. The first-order valence-electron chi connectivity index (χ1n) is 7.36. The summed E-state index contributed by atoms with van der Waals surface area (Å²) in [6, 6.07) is 0. The predicted octanol–water partition coefficient (Wildman–Crippen LogP) is 2.66. The van der Waals surface area contributed by atoms with Gasteiger partial charge in [0.05, 0.1) is 13.0 Å². The van der Waals surface area contributed by atoms with Crippen molar-refractivity contribution in [3.05, 3.63) is 0 Å². The minimum absolute atomic E-state index is 0.0358. The second-order valence-electron chi connectivity index (χ2n) is 6.61. The number of carboxylic acid groups (broad SMARTS) is 1. The molecule has 1 atom stereocenters. The Morgan fingerprint density at radius 2 is 1.81 bits per heavy atom. The summed E-state index contributed by atoms with van der Waals surface area (Å²) < 4.78 is 10.6. The fourth-order valence-corrected chi connectivity index (χ4v) is 1.65. The number of carboxylic acids is 1. The van der Waals surface area contributed by atoms with E-state index in [2.05, 4.69) is 5.32 Å². The predicted molar refractivity (Wildman–Crippen MR) is 80.3 cm³/mol. The highest BCUT2D eigenvalue weighted by Gasteiger charge is 2.17. The Kier molecular flexibility index (Phi) is 9.01. The zero-order valence-corrected chi connectivity index (χ0v) is 13.8. The fourth-order valence-electron chi connectivity index (χ4n) is 1.65. The van der Waals surface area contributed by atoms with E-state index in [1.165, 1.54) is 0 Å². The Balaban J connectivity index is 4.05. The molecule has 21 heavy (non-hydrogen) atoms. The van der Waals surface area contributed by atoms with E-state index in [4.69, 9.17) is 14.6 Å². The monoisotopic (exact) mass is 303 g/mol. The van der Waals surface area contributed by atoms with E-state index in [-0.39, 0.29) is 12.3 Å². The summed E-state index contributed by atoms with van der Waals surface area (Å²) in [7, 11) is 0. The summed E-state index contributed by atoms with van der Waals surface area (Å²) in [6.45, 7) is 10.8. The van der Waals surface area contributed by atoms with Crippen LogP contribution in [0.4, 0.5) is 4.79 Å². The Morgan fingerprint density at radius 3 is 2.29 bits per heavy atom. The second kappa shape index (κ2) is 9.60. The summed E-state index contributed by atoms with van der Waals surface area (Å²) in [4.78, 5) is 22.3. The topological polar surface area (TPSA) is 84.9 Å². The summed E-state index contributed by atoms with van der Waals surface area (Å²) >= 11 is 0. The lowest BCUT2D eigenvalue weighted by molar-refractivity contribution is -0.138. The van der Waals surface area contributed by atoms with Gasteiger partial charge < -0.3 is 19.9 Å². The molecule has 0 aromatic heterocycles. The number of ether oxygens (including phenoxy) is 2. The maximum Gasteiger partial charge on any atom is 0.407 e. The standard InChI is InChI=1S/C15H29NO5/c1-11(2)9-20-10-12(8-13(17)18)6-7-16-14(19)21-15(3,4)5/h11-12H,6-10H2,1-5H3,(H,16,19)(H,17,18)/t12-/m0/s1. The number of carbonyl (C=O) groups is 2. The SMILES string of the molecule is CC(C)COC[C@@H](CCNC(=O)OC(C)(C)C)CC(=O)O. The molecule has 0 rings (SSSR count). The lowest BCUT2D eigenvalue weighted by Gasteiger charge is -2.20. The zero-order chi connectivity index (χ0) is 16.5. The molecule has 0 spiro atoms. The molecular weight excluding hydrogens is 274 g/mol. The van der Waals surface area contributed by atoms with Crippen LogP contribution >= 0.6 is 0 Å². The highest BCUT2D eigenvalue weighted by atomic mass is 16.6. The highest BCUT2D eigenvalue weighted by Crippen LogP contribution is 2.11. The molecule has 6 nitrogen and oxygen atoms in total. The van der Waals surface area contributed by atoms with E-state index in [0.717, 1.165) is 0 Å². The molecule has 0 aliphatic rings. The summed E-state index contributed by atoms with van der Waals surface area (Å²) in [6.07, 6.45) is 0.0947. The molecule has 0 aromatic carbocycles. The molecule has 2 N–H and O–H groups in total. The van der Waals surface area contributed by atoms with E-state index in [0.29, 0.717) is 32.1 Å². The molecule has 0 radical (unpaired) electrons. The Labute approximate surface area is 127 Å². The number of rotatable bonds is 9. The van der Waals surface area contributed by atoms with E-state index in [9.17, 15) is 9.59 Å². The van der Waals surface area contributed by atoms with Crippen LogP contribution in [0, 0.1) is 11.8 Å². The van der Waals surface area contributed by atoms with Gasteiger partial charge in [-0.3, -0.25) is 4.79 Å². The van der Waals surface area contributed by atoms with Gasteiger partial charge in [-0.25, -0.2) is 4.79 Å². The number of nitrogens with one attached hydrogen (secondary N) is 1. The van der Waals surface area contributed by atoms with Gasteiger partial charge in [0, 0.05) is 13.2 Å². The molecule has 6 heteroatoms. The fraction of sp³-hybridized carbons (Fsp3) is 0.867. The maximum absolute atomic E-state index is 11.5. The van der Waals surface area contributed by atoms with Crippen LogP contribution < -0.4 is 5.32 Å². The summed E-state index contributed by atoms with van der Waals surface area (Å²) in [5.74, 6) is -0.558. The van der Waals surface area contributed by atoms with Crippen molar-refractivity contribution >= 4 is 12.1 Å². The van der Waals surface area contributed by atoms with Crippen LogP contribution in [-0.2, 0) is 14.3 Å². The van der Waals surface area contributed by atoms with Gasteiger partial charge in [0.1, 0.15) is 5.60 Å². The van der Waals surface area contributed by atoms with Crippen LogP contribution in [0.5, 0.6) is 0 Å². The van der Waals surface area contributed by atoms with Crippen LogP contribution in [-0.4, -0.2) is 42.5 Å². The van der Waals surface area contributed by atoms with Crippen LogP contribution in [0.25, 0.3) is 0 Å². The van der Waals surface area contributed by atoms with E-state index >= 15 is 0 Å². The van der Waals surface area contributed by atoms with E-state index in [1.54, 1.807) is 20.8 Å². The maximum atomic E-state index is 11.5. The van der Waals surface area contributed by atoms with Crippen molar-refractivity contribution in [1.29, 1.82) is 0 Å². The van der Waals surface area contributed by atoms with Crippen molar-refractivity contribution in [1.82, 2.24) is 5.32 Å². The smallest absolute Gasteiger partial charge is 0.407 e. The van der Waals surface area contributed by atoms with Gasteiger partial charge in [-0.05, 0) is 39.0 Å². The summed E-state index contributed by atoms with van der Waals surface area (Å²) in [5, 5.41) is 11.5. The van der Waals surface area contributed by atoms with Gasteiger partial charge in [0.2, 0.25) is 0 Å². The normalized spacial score (nSPS) is 13.0. The Bertz CT molecular complexity index is 323. The third kappa shape index (κ3) is 13.4.